The molecule has 3 nitrogen and oxygen atoms in total. The molecule has 0 radical (unpaired) electrons. The van der Waals surface area contributed by atoms with Crippen LogP contribution >= 0.6 is 0 Å². The van der Waals surface area contributed by atoms with Crippen LogP contribution < -0.4 is 10.6 Å². The summed E-state index contributed by atoms with van der Waals surface area (Å²) < 4.78 is 0. The number of pyridine rings is 1. The van der Waals surface area contributed by atoms with Gasteiger partial charge >= 0.3 is 0 Å². The van der Waals surface area contributed by atoms with Crippen LogP contribution in [0.25, 0.3) is 0 Å². The maximum Gasteiger partial charge on any atom is 0.135 e. The summed E-state index contributed by atoms with van der Waals surface area (Å²) in [5.74, 6) is 1.39. The molecule has 3 heteroatoms. The molecule has 82 valence electrons. The molecule has 0 saturated carbocycles. The minimum Gasteiger partial charge on any atom is -0.384 e. The molecule has 0 aliphatic heterocycles. The fraction of sp³-hybridized carbons (Fsp3) is 0.154. The van der Waals surface area contributed by atoms with Crippen molar-refractivity contribution < 1.29 is 0 Å². The Kier molecular flexibility index (Phi) is 2.77. The summed E-state index contributed by atoms with van der Waals surface area (Å²) in [6.07, 6.45) is 0. The Morgan fingerprint density at radius 2 is 1.75 bits per heavy atom. The predicted molar refractivity (Wildman–Crippen MR) is 67.9 cm³/mol. The van der Waals surface area contributed by atoms with Crippen LogP contribution in [0.15, 0.2) is 42.5 Å². The van der Waals surface area contributed by atoms with Gasteiger partial charge in [-0.1, -0.05) is 23.8 Å². The van der Waals surface area contributed by atoms with E-state index in [1.54, 1.807) is 6.07 Å². The van der Waals surface area contributed by atoms with Crippen molar-refractivity contribution in [3.05, 3.63) is 48.0 Å². The van der Waals surface area contributed by atoms with E-state index in [1.165, 1.54) is 5.56 Å². The highest BCUT2D eigenvalue weighted by atomic mass is 15.2. The maximum atomic E-state index is 5.66. The van der Waals surface area contributed by atoms with Crippen molar-refractivity contribution in [2.24, 2.45) is 0 Å². The van der Waals surface area contributed by atoms with Crippen molar-refractivity contribution in [1.82, 2.24) is 4.98 Å². The van der Waals surface area contributed by atoms with E-state index < -0.39 is 0 Å². The third-order valence-electron chi connectivity index (χ3n) is 2.52. The largest absolute Gasteiger partial charge is 0.384 e. The highest BCUT2D eigenvalue weighted by Gasteiger charge is 2.04. The first-order valence-electron chi connectivity index (χ1n) is 5.20. The molecular weight excluding hydrogens is 198 g/mol. The Bertz CT molecular complexity index is 477. The van der Waals surface area contributed by atoms with Gasteiger partial charge in [0.1, 0.15) is 11.6 Å². The molecule has 1 aromatic carbocycles. The van der Waals surface area contributed by atoms with E-state index >= 15 is 0 Å². The normalized spacial score (nSPS) is 10.1. The SMILES string of the molecule is Cc1ccc(N(C)c2cccc(N)n2)cc1. The van der Waals surface area contributed by atoms with Gasteiger partial charge in [-0.2, -0.15) is 0 Å². The zero-order chi connectivity index (χ0) is 11.5. The molecule has 0 aliphatic rings. The number of nitrogens with two attached hydrogens (primary N) is 1. The average molecular weight is 213 g/mol. The summed E-state index contributed by atoms with van der Waals surface area (Å²) in [7, 11) is 1.98. The summed E-state index contributed by atoms with van der Waals surface area (Å²) in [6.45, 7) is 2.07. The number of aryl methyl sites for hydroxylation is 1. The molecule has 0 atom stereocenters. The number of nitrogen functional groups attached to an aromatic ring is 1. The van der Waals surface area contributed by atoms with Crippen molar-refractivity contribution in [3.63, 3.8) is 0 Å². The van der Waals surface area contributed by atoms with Gasteiger partial charge < -0.3 is 10.6 Å². The van der Waals surface area contributed by atoms with E-state index in [2.05, 4.69) is 36.2 Å². The number of nitrogens with zero attached hydrogens (tertiary/aromatic N) is 2. The second kappa shape index (κ2) is 4.23. The van der Waals surface area contributed by atoms with E-state index in [-0.39, 0.29) is 0 Å². The third kappa shape index (κ3) is 2.14. The molecule has 2 N–H and O–H groups in total. The number of benzene rings is 1. The first kappa shape index (κ1) is 10.5. The molecule has 0 amide bonds. The van der Waals surface area contributed by atoms with E-state index in [9.17, 15) is 0 Å². The lowest BCUT2D eigenvalue weighted by Crippen LogP contribution is -2.11. The van der Waals surface area contributed by atoms with Crippen LogP contribution in [0.5, 0.6) is 0 Å². The number of hydrogen-bond donors (Lipinski definition) is 1. The van der Waals surface area contributed by atoms with Crippen molar-refractivity contribution in [2.45, 2.75) is 6.92 Å². The first-order valence-corrected chi connectivity index (χ1v) is 5.20. The van der Waals surface area contributed by atoms with Crippen molar-refractivity contribution >= 4 is 17.3 Å². The Hall–Kier alpha value is -2.03. The van der Waals surface area contributed by atoms with Crippen LogP contribution in [0.2, 0.25) is 0 Å². The molecular formula is C13H15N3. The number of rotatable bonds is 2. The van der Waals surface area contributed by atoms with Gasteiger partial charge in [-0.15, -0.1) is 0 Å². The highest BCUT2D eigenvalue weighted by molar-refractivity contribution is 5.60. The molecule has 0 aliphatic carbocycles. The van der Waals surface area contributed by atoms with Crippen molar-refractivity contribution in [1.29, 1.82) is 0 Å². The Morgan fingerprint density at radius 1 is 1.06 bits per heavy atom. The Labute approximate surface area is 95.5 Å². The monoisotopic (exact) mass is 213 g/mol. The van der Waals surface area contributed by atoms with Gasteiger partial charge in [-0.25, -0.2) is 4.98 Å². The number of hydrogen-bond acceptors (Lipinski definition) is 3. The molecule has 1 aromatic heterocycles. The third-order valence-corrected chi connectivity index (χ3v) is 2.52. The Morgan fingerprint density at radius 3 is 2.38 bits per heavy atom. The van der Waals surface area contributed by atoms with Crippen LogP contribution in [0.4, 0.5) is 17.3 Å². The average Bonchev–Trinajstić information content (AvgIpc) is 2.29. The standard InChI is InChI=1S/C13H15N3/c1-10-6-8-11(9-7-10)16(2)13-5-3-4-12(14)15-13/h3-9H,1-2H3,(H2,14,15). The molecule has 0 unspecified atom stereocenters. The molecule has 2 rings (SSSR count). The summed E-state index contributed by atoms with van der Waals surface area (Å²) >= 11 is 0. The van der Waals surface area contributed by atoms with Crippen LogP contribution in [0.1, 0.15) is 5.56 Å². The van der Waals surface area contributed by atoms with Crippen molar-refractivity contribution in [2.75, 3.05) is 17.7 Å². The van der Waals surface area contributed by atoms with Gasteiger partial charge in [-0.3, -0.25) is 0 Å². The summed E-state index contributed by atoms with van der Waals surface area (Å²) in [5.41, 5.74) is 8.01. The van der Waals surface area contributed by atoms with Gasteiger partial charge in [-0.05, 0) is 31.2 Å². The topological polar surface area (TPSA) is 42.1 Å². The van der Waals surface area contributed by atoms with E-state index in [0.717, 1.165) is 11.5 Å². The fourth-order valence-corrected chi connectivity index (χ4v) is 1.53. The van der Waals surface area contributed by atoms with Gasteiger partial charge in [0.2, 0.25) is 0 Å². The second-order valence-corrected chi connectivity index (χ2v) is 3.82. The number of anilines is 3. The van der Waals surface area contributed by atoms with Gasteiger partial charge in [0.05, 0.1) is 0 Å². The molecule has 1 heterocycles. The smallest absolute Gasteiger partial charge is 0.135 e. The maximum absolute atomic E-state index is 5.66. The summed E-state index contributed by atoms with van der Waals surface area (Å²) in [4.78, 5) is 6.29. The van der Waals surface area contributed by atoms with Crippen molar-refractivity contribution in [3.8, 4) is 0 Å². The van der Waals surface area contributed by atoms with Crippen LogP contribution in [-0.4, -0.2) is 12.0 Å². The van der Waals surface area contributed by atoms with Gasteiger partial charge in [0.15, 0.2) is 0 Å². The van der Waals surface area contributed by atoms with E-state index in [4.69, 9.17) is 5.73 Å². The summed E-state index contributed by atoms with van der Waals surface area (Å²) in [5, 5.41) is 0. The molecule has 2 aromatic rings. The predicted octanol–water partition coefficient (Wildman–Crippen LogP) is 2.74. The highest BCUT2D eigenvalue weighted by Crippen LogP contribution is 2.22. The van der Waals surface area contributed by atoms with Gasteiger partial charge in [0, 0.05) is 12.7 Å². The lowest BCUT2D eigenvalue weighted by Gasteiger charge is -2.18. The molecule has 16 heavy (non-hydrogen) atoms. The second-order valence-electron chi connectivity index (χ2n) is 3.82. The van der Waals surface area contributed by atoms with Crippen LogP contribution in [0, 0.1) is 6.92 Å². The van der Waals surface area contributed by atoms with E-state index in [0.29, 0.717) is 5.82 Å². The first-order chi connectivity index (χ1) is 7.66. The molecule has 0 bridgehead atoms. The zero-order valence-corrected chi connectivity index (χ0v) is 9.51. The van der Waals surface area contributed by atoms with Crippen LogP contribution in [-0.2, 0) is 0 Å². The Balaban J connectivity index is 2.31. The van der Waals surface area contributed by atoms with Gasteiger partial charge in [0.25, 0.3) is 0 Å². The quantitative estimate of drug-likeness (QED) is 0.834. The lowest BCUT2D eigenvalue weighted by atomic mass is 10.2. The fourth-order valence-electron chi connectivity index (χ4n) is 1.53. The van der Waals surface area contributed by atoms with Crippen LogP contribution in [0.3, 0.4) is 0 Å². The van der Waals surface area contributed by atoms with E-state index in [1.807, 2.05) is 24.1 Å². The molecule has 0 spiro atoms. The minimum absolute atomic E-state index is 0.538. The zero-order valence-electron chi connectivity index (χ0n) is 9.51. The lowest BCUT2D eigenvalue weighted by molar-refractivity contribution is 1.13. The summed E-state index contributed by atoms with van der Waals surface area (Å²) in [6, 6.07) is 13.9. The molecule has 0 fully saturated rings. The number of aromatic nitrogens is 1. The minimum atomic E-state index is 0.538. The molecule has 0 saturated heterocycles.